The number of nitrogens with one attached hydrogen (secondary N) is 1. The van der Waals surface area contributed by atoms with Crippen LogP contribution in [0.25, 0.3) is 0 Å². The minimum Gasteiger partial charge on any atom is -0.320 e. The summed E-state index contributed by atoms with van der Waals surface area (Å²) < 4.78 is 0.780. The van der Waals surface area contributed by atoms with Gasteiger partial charge in [0.15, 0.2) is 0 Å². The fraction of sp³-hybridized carbons (Fsp3) is 0.0909. The molecule has 17 heavy (non-hydrogen) atoms. The summed E-state index contributed by atoms with van der Waals surface area (Å²) in [5, 5.41) is 5.91. The predicted octanol–water partition coefficient (Wildman–Crippen LogP) is 4.12. The van der Waals surface area contributed by atoms with Gasteiger partial charge in [0.2, 0.25) is 0 Å². The highest BCUT2D eigenvalue weighted by Crippen LogP contribution is 2.26. The molecule has 0 atom stereocenters. The van der Waals surface area contributed by atoms with Gasteiger partial charge in [0.05, 0.1) is 10.7 Å². The molecule has 6 heteroatoms. The van der Waals surface area contributed by atoms with Crippen molar-refractivity contribution in [1.82, 2.24) is 4.98 Å². The van der Waals surface area contributed by atoms with Crippen LogP contribution < -0.4 is 5.32 Å². The lowest BCUT2D eigenvalue weighted by atomic mass is 10.3. The maximum absolute atomic E-state index is 11.9. The molecule has 0 aliphatic rings. The summed E-state index contributed by atoms with van der Waals surface area (Å²) in [5.74, 6) is -0.239. The summed E-state index contributed by atoms with van der Waals surface area (Å²) >= 11 is 10.7. The highest BCUT2D eigenvalue weighted by atomic mass is 79.9. The molecule has 0 bridgehead atoms. The molecule has 2 rings (SSSR count). The molecule has 0 spiro atoms. The minimum absolute atomic E-state index is 0.239. The number of anilines is 1. The van der Waals surface area contributed by atoms with Crippen LogP contribution in [0.2, 0.25) is 5.02 Å². The number of carbonyl (C=O) groups is 1. The van der Waals surface area contributed by atoms with E-state index in [9.17, 15) is 4.79 Å². The third kappa shape index (κ3) is 3.06. The van der Waals surface area contributed by atoms with Crippen molar-refractivity contribution in [3.05, 3.63) is 43.8 Å². The lowest BCUT2D eigenvalue weighted by Gasteiger charge is -2.06. The number of hydrogen-bond acceptors (Lipinski definition) is 3. The van der Waals surface area contributed by atoms with Gasteiger partial charge >= 0.3 is 0 Å². The zero-order chi connectivity index (χ0) is 12.4. The fourth-order valence-electron chi connectivity index (χ4n) is 1.25. The Labute approximate surface area is 116 Å². The largest absolute Gasteiger partial charge is 0.320 e. The predicted molar refractivity (Wildman–Crippen MR) is 74.0 cm³/mol. The Morgan fingerprint density at radius 1 is 1.53 bits per heavy atom. The summed E-state index contributed by atoms with van der Waals surface area (Å²) in [6.45, 7) is 1.86. The molecule has 0 unspecified atom stereocenters. The van der Waals surface area contributed by atoms with E-state index in [4.69, 9.17) is 11.6 Å². The van der Waals surface area contributed by atoms with Crippen molar-refractivity contribution >= 4 is 50.5 Å². The molecular formula is C11H8BrClN2OS. The van der Waals surface area contributed by atoms with Gasteiger partial charge in [0.1, 0.15) is 5.69 Å². The zero-order valence-electron chi connectivity index (χ0n) is 8.83. The lowest BCUT2D eigenvalue weighted by Crippen LogP contribution is -2.12. The number of benzene rings is 1. The second-order valence-electron chi connectivity index (χ2n) is 3.33. The molecule has 2 aromatic rings. The van der Waals surface area contributed by atoms with Crippen LogP contribution >= 0.6 is 38.9 Å². The molecule has 1 amide bonds. The molecule has 3 nitrogen and oxygen atoms in total. The second-order valence-corrected chi connectivity index (χ2v) is 5.68. The number of aryl methyl sites for hydroxylation is 1. The van der Waals surface area contributed by atoms with E-state index in [-0.39, 0.29) is 5.91 Å². The van der Waals surface area contributed by atoms with Gasteiger partial charge in [0, 0.05) is 14.9 Å². The van der Waals surface area contributed by atoms with Crippen LogP contribution in [-0.2, 0) is 0 Å². The van der Waals surface area contributed by atoms with Gasteiger partial charge in [-0.25, -0.2) is 4.98 Å². The van der Waals surface area contributed by atoms with E-state index in [1.807, 2.05) is 6.92 Å². The van der Waals surface area contributed by atoms with Crippen LogP contribution in [0.3, 0.4) is 0 Å². The van der Waals surface area contributed by atoms with Crippen LogP contribution in [0.1, 0.15) is 15.5 Å². The lowest BCUT2D eigenvalue weighted by molar-refractivity contribution is 0.102. The number of rotatable bonds is 2. The van der Waals surface area contributed by atoms with Gasteiger partial charge < -0.3 is 5.32 Å². The van der Waals surface area contributed by atoms with Crippen molar-refractivity contribution < 1.29 is 4.79 Å². The average molecular weight is 332 g/mol. The molecule has 0 saturated heterocycles. The summed E-state index contributed by atoms with van der Waals surface area (Å²) in [7, 11) is 0. The first kappa shape index (κ1) is 12.5. The Morgan fingerprint density at radius 3 is 2.94 bits per heavy atom. The second kappa shape index (κ2) is 5.16. The van der Waals surface area contributed by atoms with Crippen LogP contribution in [-0.4, -0.2) is 10.9 Å². The molecule has 88 valence electrons. The maximum Gasteiger partial charge on any atom is 0.275 e. The topological polar surface area (TPSA) is 42.0 Å². The minimum atomic E-state index is -0.239. The van der Waals surface area contributed by atoms with Gasteiger partial charge in [-0.05, 0) is 41.1 Å². The van der Waals surface area contributed by atoms with Crippen molar-refractivity contribution in [2.75, 3.05) is 5.32 Å². The van der Waals surface area contributed by atoms with Crippen molar-refractivity contribution in [3.8, 4) is 0 Å². The quantitative estimate of drug-likeness (QED) is 0.899. The zero-order valence-corrected chi connectivity index (χ0v) is 12.0. The first-order valence-corrected chi connectivity index (χ1v) is 6.80. The maximum atomic E-state index is 11.9. The van der Waals surface area contributed by atoms with Crippen molar-refractivity contribution in [1.29, 1.82) is 0 Å². The van der Waals surface area contributed by atoms with Crippen LogP contribution in [0.5, 0.6) is 0 Å². The van der Waals surface area contributed by atoms with E-state index in [2.05, 4.69) is 26.2 Å². The molecule has 0 fully saturated rings. The first-order chi connectivity index (χ1) is 8.06. The van der Waals surface area contributed by atoms with Crippen molar-refractivity contribution in [2.24, 2.45) is 0 Å². The van der Waals surface area contributed by atoms with E-state index in [1.165, 1.54) is 11.3 Å². The van der Waals surface area contributed by atoms with Gasteiger partial charge in [-0.3, -0.25) is 4.79 Å². The van der Waals surface area contributed by atoms with E-state index in [1.54, 1.807) is 23.6 Å². The highest BCUT2D eigenvalue weighted by Gasteiger charge is 2.11. The van der Waals surface area contributed by atoms with E-state index < -0.39 is 0 Å². The molecule has 0 aliphatic heterocycles. The van der Waals surface area contributed by atoms with E-state index in [0.29, 0.717) is 16.4 Å². The third-order valence-electron chi connectivity index (χ3n) is 2.03. The molecular weight excluding hydrogens is 324 g/mol. The molecule has 1 heterocycles. The number of carbonyl (C=O) groups excluding carboxylic acids is 1. The normalized spacial score (nSPS) is 10.3. The van der Waals surface area contributed by atoms with Gasteiger partial charge in [-0.2, -0.15) is 0 Å². The summed E-state index contributed by atoms with van der Waals surface area (Å²) in [6.07, 6.45) is 0. The summed E-state index contributed by atoms with van der Waals surface area (Å²) in [4.78, 5) is 16.0. The Morgan fingerprint density at radius 2 is 2.29 bits per heavy atom. The molecule has 0 radical (unpaired) electrons. The van der Waals surface area contributed by atoms with Crippen molar-refractivity contribution in [2.45, 2.75) is 6.92 Å². The monoisotopic (exact) mass is 330 g/mol. The highest BCUT2D eigenvalue weighted by molar-refractivity contribution is 9.10. The molecule has 0 aliphatic carbocycles. The summed E-state index contributed by atoms with van der Waals surface area (Å²) in [5.41, 5.74) is 1.05. The molecule has 0 saturated carbocycles. The fourth-order valence-corrected chi connectivity index (χ4v) is 2.36. The number of thiazole rings is 1. The molecule has 1 N–H and O–H groups in total. The van der Waals surface area contributed by atoms with E-state index in [0.717, 1.165) is 9.48 Å². The standard InChI is InChI=1S/C11H8BrClN2OS/c1-6-14-10(5-17-6)11(16)15-9-4-7(13)2-3-8(9)12/h2-5H,1H3,(H,15,16). The average Bonchev–Trinajstić information content (AvgIpc) is 2.70. The van der Waals surface area contributed by atoms with Crippen LogP contribution in [0, 0.1) is 6.92 Å². The molecule has 1 aromatic heterocycles. The molecule has 1 aromatic carbocycles. The smallest absolute Gasteiger partial charge is 0.275 e. The van der Waals surface area contributed by atoms with Crippen LogP contribution in [0.4, 0.5) is 5.69 Å². The Hall–Kier alpha value is -0.910. The number of amides is 1. The Balaban J connectivity index is 2.21. The van der Waals surface area contributed by atoms with Gasteiger partial charge in [-0.1, -0.05) is 11.6 Å². The van der Waals surface area contributed by atoms with Crippen LogP contribution in [0.15, 0.2) is 28.1 Å². The van der Waals surface area contributed by atoms with Gasteiger partial charge in [0.25, 0.3) is 5.91 Å². The Bertz CT molecular complexity index is 570. The number of aromatic nitrogens is 1. The van der Waals surface area contributed by atoms with Gasteiger partial charge in [-0.15, -0.1) is 11.3 Å². The van der Waals surface area contributed by atoms with Crippen molar-refractivity contribution in [3.63, 3.8) is 0 Å². The Kier molecular flexibility index (Phi) is 3.81. The SMILES string of the molecule is Cc1nc(C(=O)Nc2cc(Cl)ccc2Br)cs1. The van der Waals surface area contributed by atoms with E-state index >= 15 is 0 Å². The first-order valence-electron chi connectivity index (χ1n) is 4.75. The number of nitrogens with zero attached hydrogens (tertiary/aromatic N) is 1. The third-order valence-corrected chi connectivity index (χ3v) is 3.73. The summed E-state index contributed by atoms with van der Waals surface area (Å²) in [6, 6.07) is 5.21. The number of halogens is 2. The number of hydrogen-bond donors (Lipinski definition) is 1.